The highest BCUT2D eigenvalue weighted by Gasteiger charge is 2.02. The first-order valence-corrected chi connectivity index (χ1v) is 5.41. The lowest BCUT2D eigenvalue weighted by Crippen LogP contribution is -2.06. The van der Waals surface area contributed by atoms with Crippen LogP contribution in [0.25, 0.3) is 0 Å². The maximum absolute atomic E-state index is 13.4. The van der Waals surface area contributed by atoms with Crippen LogP contribution < -0.4 is 11.1 Å². The first-order chi connectivity index (χ1) is 8.15. The van der Waals surface area contributed by atoms with Crippen LogP contribution in [0.15, 0.2) is 30.6 Å². The Balaban J connectivity index is 1.90. The number of nitrogens with zero attached hydrogens (tertiary/aromatic N) is 2. The number of rotatable bonds is 4. The second-order valence-corrected chi connectivity index (χ2v) is 3.94. The van der Waals surface area contributed by atoms with E-state index in [-0.39, 0.29) is 5.82 Å². The summed E-state index contributed by atoms with van der Waals surface area (Å²) >= 11 is 0. The normalized spacial score (nSPS) is 10.5. The lowest BCUT2D eigenvalue weighted by Gasteiger charge is -2.07. The summed E-state index contributed by atoms with van der Waals surface area (Å²) in [6, 6.07) is 4.63. The van der Waals surface area contributed by atoms with Crippen molar-refractivity contribution in [2.75, 3.05) is 17.6 Å². The van der Waals surface area contributed by atoms with Crippen molar-refractivity contribution in [2.45, 2.75) is 6.42 Å². The minimum atomic E-state index is -0.323. The predicted octanol–water partition coefficient (Wildman–Crippen LogP) is 1.80. The zero-order chi connectivity index (χ0) is 12.3. The lowest BCUT2D eigenvalue weighted by molar-refractivity contribution is 0.631. The third-order valence-electron chi connectivity index (χ3n) is 2.48. The van der Waals surface area contributed by atoms with E-state index < -0.39 is 0 Å². The molecular formula is C12H15FN4. The first-order valence-electron chi connectivity index (χ1n) is 5.41. The van der Waals surface area contributed by atoms with Crippen molar-refractivity contribution >= 4 is 11.4 Å². The van der Waals surface area contributed by atoms with Gasteiger partial charge in [-0.25, -0.2) is 4.39 Å². The van der Waals surface area contributed by atoms with Crippen molar-refractivity contribution in [1.29, 1.82) is 0 Å². The molecule has 0 amide bonds. The summed E-state index contributed by atoms with van der Waals surface area (Å²) in [4.78, 5) is 0. The van der Waals surface area contributed by atoms with Crippen molar-refractivity contribution < 1.29 is 4.39 Å². The molecule has 0 aliphatic heterocycles. The van der Waals surface area contributed by atoms with Gasteiger partial charge in [-0.1, -0.05) is 0 Å². The Labute approximate surface area is 99.2 Å². The van der Waals surface area contributed by atoms with E-state index in [0.717, 1.165) is 12.0 Å². The number of nitrogen functional groups attached to an aromatic ring is 1. The minimum absolute atomic E-state index is 0.323. The Kier molecular flexibility index (Phi) is 3.27. The second kappa shape index (κ2) is 4.86. The molecular weight excluding hydrogens is 219 g/mol. The van der Waals surface area contributed by atoms with Gasteiger partial charge in [-0.15, -0.1) is 0 Å². The zero-order valence-corrected chi connectivity index (χ0v) is 9.65. The lowest BCUT2D eigenvalue weighted by atomic mass is 10.2. The van der Waals surface area contributed by atoms with Crippen molar-refractivity contribution in [3.05, 3.63) is 42.0 Å². The zero-order valence-electron chi connectivity index (χ0n) is 9.65. The number of nitrogens with one attached hydrogen (secondary N) is 1. The molecule has 2 rings (SSSR count). The Morgan fingerprint density at radius 1 is 1.47 bits per heavy atom. The Morgan fingerprint density at radius 3 is 2.94 bits per heavy atom. The molecule has 2 aromatic rings. The van der Waals surface area contributed by atoms with E-state index in [0.29, 0.717) is 17.9 Å². The minimum Gasteiger partial charge on any atom is -0.399 e. The maximum Gasteiger partial charge on any atom is 0.148 e. The Morgan fingerprint density at radius 2 is 2.29 bits per heavy atom. The van der Waals surface area contributed by atoms with E-state index in [1.807, 2.05) is 13.2 Å². The molecule has 0 saturated heterocycles. The van der Waals surface area contributed by atoms with Gasteiger partial charge in [0.25, 0.3) is 0 Å². The number of aromatic nitrogens is 2. The molecule has 0 aliphatic carbocycles. The molecule has 0 saturated carbocycles. The predicted molar refractivity (Wildman–Crippen MR) is 66.2 cm³/mol. The number of hydrogen-bond donors (Lipinski definition) is 2. The van der Waals surface area contributed by atoms with Crippen LogP contribution in [0.1, 0.15) is 5.56 Å². The smallest absolute Gasteiger partial charge is 0.148 e. The van der Waals surface area contributed by atoms with Crippen molar-refractivity contribution in [1.82, 2.24) is 9.78 Å². The quantitative estimate of drug-likeness (QED) is 0.793. The van der Waals surface area contributed by atoms with Gasteiger partial charge in [0.05, 0.1) is 11.9 Å². The molecule has 1 aromatic carbocycles. The number of halogens is 1. The molecule has 0 aliphatic rings. The highest BCUT2D eigenvalue weighted by Crippen LogP contribution is 2.16. The maximum atomic E-state index is 13.4. The number of nitrogens with two attached hydrogens (primary N) is 1. The van der Waals surface area contributed by atoms with Crippen molar-refractivity contribution in [3.63, 3.8) is 0 Å². The van der Waals surface area contributed by atoms with Gasteiger partial charge in [0.2, 0.25) is 0 Å². The van der Waals surface area contributed by atoms with E-state index in [4.69, 9.17) is 5.73 Å². The third kappa shape index (κ3) is 2.96. The molecule has 1 heterocycles. The topological polar surface area (TPSA) is 55.9 Å². The standard InChI is InChI=1S/C12H15FN4/c1-17-8-9(7-16-17)4-5-15-12-3-2-10(14)6-11(12)13/h2-3,6-8,15H,4-5,14H2,1H3. The number of aryl methyl sites for hydroxylation is 1. The van der Waals surface area contributed by atoms with Gasteiger partial charge in [0.1, 0.15) is 5.82 Å². The van der Waals surface area contributed by atoms with Gasteiger partial charge in [-0.3, -0.25) is 4.68 Å². The van der Waals surface area contributed by atoms with E-state index in [1.54, 1.807) is 23.0 Å². The number of anilines is 2. The molecule has 17 heavy (non-hydrogen) atoms. The van der Waals surface area contributed by atoms with E-state index in [9.17, 15) is 4.39 Å². The fourth-order valence-electron chi connectivity index (χ4n) is 1.62. The molecule has 5 heteroatoms. The van der Waals surface area contributed by atoms with Gasteiger partial charge < -0.3 is 11.1 Å². The first kappa shape index (κ1) is 11.4. The highest BCUT2D eigenvalue weighted by molar-refractivity contribution is 5.52. The summed E-state index contributed by atoms with van der Waals surface area (Å²) in [7, 11) is 1.87. The molecule has 3 N–H and O–H groups in total. The van der Waals surface area contributed by atoms with Crippen LogP contribution >= 0.6 is 0 Å². The molecule has 0 bridgehead atoms. The molecule has 0 radical (unpaired) electrons. The van der Waals surface area contributed by atoms with E-state index >= 15 is 0 Å². The molecule has 1 aromatic heterocycles. The van der Waals surface area contributed by atoms with Gasteiger partial charge >= 0.3 is 0 Å². The van der Waals surface area contributed by atoms with Gasteiger partial charge in [-0.2, -0.15) is 5.10 Å². The van der Waals surface area contributed by atoms with Crippen molar-refractivity contribution in [2.24, 2.45) is 7.05 Å². The van der Waals surface area contributed by atoms with Crippen LogP contribution in [0, 0.1) is 5.82 Å². The third-order valence-corrected chi connectivity index (χ3v) is 2.48. The summed E-state index contributed by atoms with van der Waals surface area (Å²) in [6.07, 6.45) is 4.56. The monoisotopic (exact) mass is 234 g/mol. The van der Waals surface area contributed by atoms with Crippen LogP contribution in [0.2, 0.25) is 0 Å². The van der Waals surface area contributed by atoms with Crippen LogP contribution in [0.4, 0.5) is 15.8 Å². The molecule has 0 spiro atoms. The summed E-state index contributed by atoms with van der Waals surface area (Å²) in [6.45, 7) is 0.659. The Hall–Kier alpha value is -2.04. The van der Waals surface area contributed by atoms with Gasteiger partial charge in [0.15, 0.2) is 0 Å². The molecule has 90 valence electrons. The molecule has 0 fully saturated rings. The van der Waals surface area contributed by atoms with Crippen LogP contribution in [-0.2, 0) is 13.5 Å². The fraction of sp³-hybridized carbons (Fsp3) is 0.250. The van der Waals surface area contributed by atoms with E-state index in [1.165, 1.54) is 6.07 Å². The SMILES string of the molecule is Cn1cc(CCNc2ccc(N)cc2F)cn1. The van der Waals surface area contributed by atoms with Gasteiger partial charge in [-0.05, 0) is 30.2 Å². The summed E-state index contributed by atoms with van der Waals surface area (Å²) in [5.41, 5.74) is 7.50. The highest BCUT2D eigenvalue weighted by atomic mass is 19.1. The Bertz CT molecular complexity index is 507. The van der Waals surface area contributed by atoms with Crippen molar-refractivity contribution in [3.8, 4) is 0 Å². The van der Waals surface area contributed by atoms with E-state index in [2.05, 4.69) is 10.4 Å². The average Bonchev–Trinajstić information content (AvgIpc) is 2.68. The number of hydrogen-bond acceptors (Lipinski definition) is 3. The average molecular weight is 234 g/mol. The largest absolute Gasteiger partial charge is 0.399 e. The molecule has 0 atom stereocenters. The number of benzene rings is 1. The second-order valence-electron chi connectivity index (χ2n) is 3.94. The summed E-state index contributed by atoms with van der Waals surface area (Å²) in [5, 5.41) is 7.10. The fourth-order valence-corrected chi connectivity index (χ4v) is 1.62. The summed E-state index contributed by atoms with van der Waals surface area (Å²) in [5.74, 6) is -0.323. The summed E-state index contributed by atoms with van der Waals surface area (Å²) < 4.78 is 15.2. The van der Waals surface area contributed by atoms with Crippen LogP contribution in [0.5, 0.6) is 0 Å². The van der Waals surface area contributed by atoms with Gasteiger partial charge in [0, 0.05) is 25.5 Å². The van der Waals surface area contributed by atoms with Crippen LogP contribution in [0.3, 0.4) is 0 Å². The molecule has 0 unspecified atom stereocenters. The molecule has 4 nitrogen and oxygen atoms in total. The van der Waals surface area contributed by atoms with Crippen LogP contribution in [-0.4, -0.2) is 16.3 Å².